The van der Waals surface area contributed by atoms with Crippen LogP contribution in [0.5, 0.6) is 0 Å². The molecule has 1 aromatic heterocycles. The van der Waals surface area contributed by atoms with Crippen LogP contribution in [0.25, 0.3) is 11.0 Å². The third-order valence-electron chi connectivity index (χ3n) is 5.45. The van der Waals surface area contributed by atoms with E-state index in [0.717, 1.165) is 24.7 Å². The van der Waals surface area contributed by atoms with Crippen LogP contribution in [0.4, 0.5) is 18.9 Å². The Kier molecular flexibility index (Phi) is 5.08. The van der Waals surface area contributed by atoms with Crippen LogP contribution < -0.4 is 15.2 Å². The maximum absolute atomic E-state index is 13.0. The molecule has 29 heavy (non-hydrogen) atoms. The minimum Gasteiger partial charge on any atom is -0.464 e. The van der Waals surface area contributed by atoms with Crippen molar-refractivity contribution in [1.82, 2.24) is 0 Å². The quantitative estimate of drug-likeness (QED) is 0.731. The van der Waals surface area contributed by atoms with Crippen molar-refractivity contribution in [2.45, 2.75) is 19.6 Å². The van der Waals surface area contributed by atoms with E-state index < -0.39 is 11.7 Å². The third kappa shape index (κ3) is 4.15. The van der Waals surface area contributed by atoms with E-state index >= 15 is 0 Å². The maximum Gasteiger partial charge on any atom is 0.416 e. The first-order chi connectivity index (χ1) is 13.8. The SMILES string of the molecule is Cc1ccc2occ(C[NH+]3CCN(c4cccc(C(F)(F)F)c4)CC3)c(=O)c2c1. The topological polar surface area (TPSA) is 37.9 Å². The van der Waals surface area contributed by atoms with E-state index in [1.165, 1.54) is 23.3 Å². The highest BCUT2D eigenvalue weighted by Crippen LogP contribution is 2.31. The number of hydrogen-bond donors (Lipinski definition) is 1. The number of fused-ring (bicyclic) bond motifs is 1. The van der Waals surface area contributed by atoms with E-state index in [0.29, 0.717) is 41.9 Å². The summed E-state index contributed by atoms with van der Waals surface area (Å²) in [5.41, 5.74) is 2.15. The first-order valence-corrected chi connectivity index (χ1v) is 9.58. The molecule has 152 valence electrons. The summed E-state index contributed by atoms with van der Waals surface area (Å²) in [6.45, 7) is 5.22. The molecule has 0 saturated carbocycles. The van der Waals surface area contributed by atoms with Gasteiger partial charge in [0.2, 0.25) is 5.43 Å². The number of nitrogens with one attached hydrogen (secondary N) is 1. The molecule has 0 radical (unpaired) electrons. The van der Waals surface area contributed by atoms with Gasteiger partial charge in [-0.15, -0.1) is 0 Å². The molecule has 4 nitrogen and oxygen atoms in total. The number of rotatable bonds is 3. The summed E-state index contributed by atoms with van der Waals surface area (Å²) in [6, 6.07) is 11.0. The number of benzene rings is 2. The van der Waals surface area contributed by atoms with Gasteiger partial charge in [-0.1, -0.05) is 17.7 Å². The van der Waals surface area contributed by atoms with Gasteiger partial charge >= 0.3 is 6.18 Å². The van der Waals surface area contributed by atoms with Gasteiger partial charge in [0.1, 0.15) is 18.4 Å². The highest BCUT2D eigenvalue weighted by Gasteiger charge is 2.31. The number of aryl methyl sites for hydroxylation is 1. The molecular weight excluding hydrogens is 381 g/mol. The smallest absolute Gasteiger partial charge is 0.416 e. The summed E-state index contributed by atoms with van der Waals surface area (Å²) in [6.07, 6.45) is -2.81. The first kappa shape index (κ1) is 19.5. The van der Waals surface area contributed by atoms with Crippen molar-refractivity contribution in [3.63, 3.8) is 0 Å². The lowest BCUT2D eigenvalue weighted by Crippen LogP contribution is -3.13. The summed E-state index contributed by atoms with van der Waals surface area (Å²) in [7, 11) is 0. The van der Waals surface area contributed by atoms with Crippen molar-refractivity contribution in [3.05, 3.63) is 75.6 Å². The molecule has 3 aromatic rings. The fraction of sp³-hybridized carbons (Fsp3) is 0.318. The van der Waals surface area contributed by atoms with Gasteiger partial charge in [-0.3, -0.25) is 4.79 Å². The second-order valence-corrected chi connectivity index (χ2v) is 7.55. The number of quaternary nitrogens is 1. The normalized spacial score (nSPS) is 15.8. The van der Waals surface area contributed by atoms with Gasteiger partial charge in [0.15, 0.2) is 0 Å². The van der Waals surface area contributed by atoms with Crippen LogP contribution >= 0.6 is 0 Å². The molecule has 0 atom stereocenters. The van der Waals surface area contributed by atoms with E-state index in [4.69, 9.17) is 4.42 Å². The Labute approximate surface area is 166 Å². The summed E-state index contributed by atoms with van der Waals surface area (Å²) >= 11 is 0. The highest BCUT2D eigenvalue weighted by atomic mass is 19.4. The second-order valence-electron chi connectivity index (χ2n) is 7.55. The van der Waals surface area contributed by atoms with Crippen molar-refractivity contribution in [2.75, 3.05) is 31.1 Å². The van der Waals surface area contributed by atoms with Crippen LogP contribution in [0.1, 0.15) is 16.7 Å². The van der Waals surface area contributed by atoms with E-state index in [2.05, 4.69) is 0 Å². The molecule has 0 bridgehead atoms. The zero-order valence-electron chi connectivity index (χ0n) is 16.1. The van der Waals surface area contributed by atoms with Crippen molar-refractivity contribution < 1.29 is 22.5 Å². The summed E-state index contributed by atoms with van der Waals surface area (Å²) in [5.74, 6) is 0. The number of anilines is 1. The minimum atomic E-state index is -4.34. The molecule has 2 aromatic carbocycles. The van der Waals surface area contributed by atoms with Gasteiger partial charge < -0.3 is 14.2 Å². The largest absolute Gasteiger partial charge is 0.464 e. The molecule has 1 N–H and O–H groups in total. The molecule has 2 heterocycles. The van der Waals surface area contributed by atoms with Crippen LogP contribution in [0.2, 0.25) is 0 Å². The lowest BCUT2D eigenvalue weighted by atomic mass is 10.1. The molecule has 1 fully saturated rings. The summed E-state index contributed by atoms with van der Waals surface area (Å²) in [4.78, 5) is 16.0. The Bertz CT molecular complexity index is 1080. The van der Waals surface area contributed by atoms with Gasteiger partial charge in [-0.25, -0.2) is 0 Å². The summed E-state index contributed by atoms with van der Waals surface area (Å²) < 4.78 is 44.5. The molecular formula is C22H22F3N2O2+. The second kappa shape index (κ2) is 7.55. The van der Waals surface area contributed by atoms with Crippen LogP contribution in [-0.2, 0) is 12.7 Å². The monoisotopic (exact) mass is 403 g/mol. The van der Waals surface area contributed by atoms with Crippen LogP contribution in [0.15, 0.2) is 57.9 Å². The number of piperazine rings is 1. The molecule has 1 saturated heterocycles. The van der Waals surface area contributed by atoms with Crippen LogP contribution in [0, 0.1) is 6.92 Å². The zero-order valence-corrected chi connectivity index (χ0v) is 16.1. The molecule has 4 rings (SSSR count). The number of halogens is 3. The van der Waals surface area contributed by atoms with Gasteiger partial charge in [0.05, 0.1) is 42.7 Å². The number of nitrogens with zero attached hydrogens (tertiary/aromatic N) is 1. The van der Waals surface area contributed by atoms with Gasteiger partial charge in [0.25, 0.3) is 0 Å². The Morgan fingerprint density at radius 1 is 1.10 bits per heavy atom. The molecule has 0 spiro atoms. The van der Waals surface area contributed by atoms with E-state index in [1.54, 1.807) is 12.1 Å². The highest BCUT2D eigenvalue weighted by molar-refractivity contribution is 5.77. The zero-order chi connectivity index (χ0) is 20.6. The van der Waals surface area contributed by atoms with Crippen LogP contribution in [-0.4, -0.2) is 26.2 Å². The molecule has 1 aliphatic heterocycles. The lowest BCUT2D eigenvalue weighted by Gasteiger charge is -2.33. The average Bonchev–Trinajstić information content (AvgIpc) is 2.70. The lowest BCUT2D eigenvalue weighted by molar-refractivity contribution is -0.914. The standard InChI is InChI=1S/C22H21F3N2O2/c1-15-5-6-20-19(11-15)21(28)16(14-29-20)13-26-7-9-27(10-8-26)18-4-2-3-17(12-18)22(23,24)25/h2-6,11-12,14H,7-10,13H2,1H3/p+1. The fourth-order valence-corrected chi connectivity index (χ4v) is 3.81. The average molecular weight is 403 g/mol. The van der Waals surface area contributed by atoms with E-state index in [-0.39, 0.29) is 5.43 Å². The maximum atomic E-state index is 13.0. The van der Waals surface area contributed by atoms with E-state index in [9.17, 15) is 18.0 Å². The van der Waals surface area contributed by atoms with Crippen molar-refractivity contribution >= 4 is 16.7 Å². The minimum absolute atomic E-state index is 0.0113. The molecule has 0 unspecified atom stereocenters. The van der Waals surface area contributed by atoms with Crippen molar-refractivity contribution in [1.29, 1.82) is 0 Å². The predicted octanol–water partition coefficient (Wildman–Crippen LogP) is 3.03. The third-order valence-corrected chi connectivity index (χ3v) is 5.45. The van der Waals surface area contributed by atoms with Gasteiger partial charge in [-0.2, -0.15) is 13.2 Å². The van der Waals surface area contributed by atoms with Crippen LogP contribution in [0.3, 0.4) is 0 Å². The Morgan fingerprint density at radius 2 is 1.86 bits per heavy atom. The van der Waals surface area contributed by atoms with Crippen molar-refractivity contribution in [3.8, 4) is 0 Å². The van der Waals surface area contributed by atoms with Gasteiger partial charge in [0, 0.05) is 5.69 Å². The molecule has 1 aliphatic rings. The molecule has 0 aliphatic carbocycles. The fourth-order valence-electron chi connectivity index (χ4n) is 3.81. The predicted molar refractivity (Wildman–Crippen MR) is 105 cm³/mol. The number of hydrogen-bond acceptors (Lipinski definition) is 3. The Hall–Kier alpha value is -2.80. The summed E-state index contributed by atoms with van der Waals surface area (Å²) in [5, 5.41) is 0.588. The Balaban J connectivity index is 1.45. The number of alkyl halides is 3. The van der Waals surface area contributed by atoms with E-state index in [1.807, 2.05) is 24.0 Å². The van der Waals surface area contributed by atoms with Gasteiger partial charge in [-0.05, 0) is 37.3 Å². The Morgan fingerprint density at radius 3 is 2.59 bits per heavy atom. The molecule has 7 heteroatoms. The molecule has 0 amide bonds. The first-order valence-electron chi connectivity index (χ1n) is 9.58. The van der Waals surface area contributed by atoms with Crippen molar-refractivity contribution in [2.24, 2.45) is 0 Å².